The van der Waals surface area contributed by atoms with Crippen LogP contribution in [0.25, 0.3) is 0 Å². The van der Waals surface area contributed by atoms with E-state index in [2.05, 4.69) is 17.9 Å². The molecule has 0 aromatic carbocycles. The summed E-state index contributed by atoms with van der Waals surface area (Å²) < 4.78 is 0. The normalized spacial score (nSPS) is 16.1. The molecule has 1 heterocycles. The molecule has 0 aromatic heterocycles. The van der Waals surface area contributed by atoms with Crippen molar-refractivity contribution in [1.29, 1.82) is 0 Å². The maximum atomic E-state index is 10.1. The third-order valence-corrected chi connectivity index (χ3v) is 1.57. The predicted molar refractivity (Wildman–Crippen MR) is 51.0 cm³/mol. The van der Waals surface area contributed by atoms with Crippen LogP contribution in [-0.4, -0.2) is 41.4 Å². The van der Waals surface area contributed by atoms with Crippen molar-refractivity contribution < 1.29 is 19.5 Å². The van der Waals surface area contributed by atoms with E-state index in [1.54, 1.807) is 0 Å². The van der Waals surface area contributed by atoms with Gasteiger partial charge in [0.25, 0.3) is 0 Å². The summed E-state index contributed by atoms with van der Waals surface area (Å²) in [7, 11) is 0. The van der Waals surface area contributed by atoms with Crippen LogP contribution < -0.4 is 16.4 Å². The summed E-state index contributed by atoms with van der Waals surface area (Å²) in [5.41, 5.74) is 4.94. The maximum absolute atomic E-state index is 10.1. The molecule has 3 amide bonds. The molecule has 1 aliphatic rings. The third kappa shape index (κ3) is 5.38. The number of carboxylic acids is 1. The van der Waals surface area contributed by atoms with Gasteiger partial charge in [0.1, 0.15) is 6.04 Å². The maximum Gasteiger partial charge on any atom is 0.321 e. The van der Waals surface area contributed by atoms with Gasteiger partial charge in [-0.2, -0.15) is 12.6 Å². The Morgan fingerprint density at radius 2 is 2.21 bits per heavy atom. The Morgan fingerprint density at radius 1 is 1.64 bits per heavy atom. The molecule has 8 heteroatoms. The van der Waals surface area contributed by atoms with E-state index in [0.717, 1.165) is 0 Å². The molecule has 1 fully saturated rings. The number of imide groups is 1. The topological polar surface area (TPSA) is 122 Å². The minimum absolute atomic E-state index is 0.124. The molecule has 0 bridgehead atoms. The minimum atomic E-state index is -1.00. The molecule has 80 valence electrons. The number of aliphatic carboxylic acids is 1. The van der Waals surface area contributed by atoms with Gasteiger partial charge in [-0.25, -0.2) is 4.79 Å². The molecular formula is C6H11N3O4S. The number of hydrogen-bond acceptors (Lipinski definition) is 5. The van der Waals surface area contributed by atoms with Crippen molar-refractivity contribution >= 4 is 30.5 Å². The number of carboxylic acid groups (broad SMARTS) is 1. The van der Waals surface area contributed by atoms with Crippen molar-refractivity contribution in [2.45, 2.75) is 6.04 Å². The summed E-state index contributed by atoms with van der Waals surface area (Å²) in [5.74, 6) is -1.07. The van der Waals surface area contributed by atoms with Crippen molar-refractivity contribution in [3.8, 4) is 0 Å². The van der Waals surface area contributed by atoms with Gasteiger partial charge in [0.2, 0.25) is 5.91 Å². The number of carbonyl (C=O) groups excluding carboxylic acids is 2. The van der Waals surface area contributed by atoms with E-state index in [1.807, 2.05) is 5.32 Å². The largest absolute Gasteiger partial charge is 0.480 e. The number of thiol groups is 1. The van der Waals surface area contributed by atoms with Gasteiger partial charge >= 0.3 is 12.0 Å². The second-order valence-corrected chi connectivity index (χ2v) is 2.72. The second-order valence-electron chi connectivity index (χ2n) is 2.36. The second kappa shape index (κ2) is 6.22. The molecular weight excluding hydrogens is 210 g/mol. The van der Waals surface area contributed by atoms with Gasteiger partial charge in [0, 0.05) is 5.75 Å². The van der Waals surface area contributed by atoms with Crippen LogP contribution in [0.4, 0.5) is 4.79 Å². The number of urea groups is 1. The lowest BCUT2D eigenvalue weighted by Crippen LogP contribution is -2.31. The molecule has 0 spiro atoms. The third-order valence-electron chi connectivity index (χ3n) is 1.18. The van der Waals surface area contributed by atoms with Crippen LogP contribution in [0.2, 0.25) is 0 Å². The highest BCUT2D eigenvalue weighted by atomic mass is 32.1. The van der Waals surface area contributed by atoms with E-state index >= 15 is 0 Å². The van der Waals surface area contributed by atoms with Gasteiger partial charge in [-0.05, 0) is 0 Å². The molecule has 0 aromatic rings. The summed E-state index contributed by atoms with van der Waals surface area (Å²) in [5, 5.41) is 12.3. The zero-order valence-corrected chi connectivity index (χ0v) is 8.08. The first-order valence-electron chi connectivity index (χ1n) is 3.64. The van der Waals surface area contributed by atoms with E-state index < -0.39 is 18.0 Å². The highest BCUT2D eigenvalue weighted by Crippen LogP contribution is 1.80. The summed E-state index contributed by atoms with van der Waals surface area (Å²) in [6.07, 6.45) is 0. The van der Waals surface area contributed by atoms with E-state index in [9.17, 15) is 14.4 Å². The highest BCUT2D eigenvalue weighted by Gasteiger charge is 2.14. The zero-order valence-electron chi connectivity index (χ0n) is 7.19. The molecule has 0 unspecified atom stereocenters. The van der Waals surface area contributed by atoms with Gasteiger partial charge in [0.05, 0.1) is 6.54 Å². The van der Waals surface area contributed by atoms with Crippen LogP contribution in [0.5, 0.6) is 0 Å². The molecule has 5 N–H and O–H groups in total. The lowest BCUT2D eigenvalue weighted by atomic mass is 10.4. The molecule has 0 radical (unpaired) electrons. The molecule has 1 rings (SSSR count). The van der Waals surface area contributed by atoms with E-state index in [4.69, 9.17) is 10.8 Å². The monoisotopic (exact) mass is 221 g/mol. The van der Waals surface area contributed by atoms with E-state index in [0.29, 0.717) is 0 Å². The van der Waals surface area contributed by atoms with Crippen LogP contribution in [0, 0.1) is 0 Å². The van der Waals surface area contributed by atoms with Gasteiger partial charge in [-0.1, -0.05) is 0 Å². The van der Waals surface area contributed by atoms with Crippen molar-refractivity contribution in [2.75, 3.05) is 12.3 Å². The Kier molecular flexibility index (Phi) is 5.65. The van der Waals surface area contributed by atoms with E-state index in [-0.39, 0.29) is 18.2 Å². The minimum Gasteiger partial charge on any atom is -0.480 e. The molecule has 14 heavy (non-hydrogen) atoms. The average Bonchev–Trinajstić information content (AvgIpc) is 2.49. The number of rotatable bonds is 2. The number of amides is 3. The number of nitrogens with one attached hydrogen (secondary N) is 2. The Morgan fingerprint density at radius 3 is 2.29 bits per heavy atom. The number of nitrogens with two attached hydrogens (primary N) is 1. The SMILES string of the molecule is N[C@@H](CS)C(=O)O.O=C1CNC(=O)N1. The van der Waals surface area contributed by atoms with Crippen LogP contribution >= 0.6 is 12.6 Å². The summed E-state index contributed by atoms with van der Waals surface area (Å²) in [4.78, 5) is 29.8. The number of hydrogen-bond donors (Lipinski definition) is 5. The summed E-state index contributed by atoms with van der Waals surface area (Å²) in [6.45, 7) is 0.124. The van der Waals surface area contributed by atoms with E-state index in [1.165, 1.54) is 0 Å². The Labute approximate surface area is 85.4 Å². The van der Waals surface area contributed by atoms with Crippen LogP contribution in [0.3, 0.4) is 0 Å². The average molecular weight is 221 g/mol. The Balaban J connectivity index is 0.000000241. The van der Waals surface area contributed by atoms with Gasteiger partial charge in [0.15, 0.2) is 0 Å². The van der Waals surface area contributed by atoms with Gasteiger partial charge < -0.3 is 16.2 Å². The smallest absolute Gasteiger partial charge is 0.321 e. The number of carbonyl (C=O) groups is 3. The quantitative estimate of drug-likeness (QED) is 0.277. The fourth-order valence-corrected chi connectivity index (χ4v) is 0.610. The zero-order chi connectivity index (χ0) is 11.1. The van der Waals surface area contributed by atoms with Crippen molar-refractivity contribution in [3.05, 3.63) is 0 Å². The first-order chi connectivity index (χ1) is 6.47. The summed E-state index contributed by atoms with van der Waals surface area (Å²) >= 11 is 3.65. The van der Waals surface area contributed by atoms with Crippen LogP contribution in [-0.2, 0) is 9.59 Å². The fourth-order valence-electron chi connectivity index (χ4n) is 0.454. The highest BCUT2D eigenvalue weighted by molar-refractivity contribution is 7.80. The molecule has 1 aliphatic heterocycles. The van der Waals surface area contributed by atoms with Crippen molar-refractivity contribution in [3.63, 3.8) is 0 Å². The lowest BCUT2D eigenvalue weighted by molar-refractivity contribution is -0.137. The Bertz CT molecular complexity index is 231. The predicted octanol–water partition coefficient (Wildman–Crippen LogP) is -1.85. The first-order valence-corrected chi connectivity index (χ1v) is 4.27. The van der Waals surface area contributed by atoms with Gasteiger partial charge in [-0.3, -0.25) is 14.9 Å². The standard InChI is InChI=1S/C3H4N2O2.C3H7NO2S/c6-2-1-4-3(7)5-2;4-2(1-7)3(5)6/h1H2,(H2,4,5,6,7);2,7H,1,4H2,(H,5,6)/t;2-/m.0/s1. The first kappa shape index (κ1) is 12.7. The molecule has 1 atom stereocenters. The molecule has 0 saturated carbocycles. The fraction of sp³-hybridized carbons (Fsp3) is 0.500. The van der Waals surface area contributed by atoms with Gasteiger partial charge in [-0.15, -0.1) is 0 Å². The van der Waals surface area contributed by atoms with Crippen molar-refractivity contribution in [1.82, 2.24) is 10.6 Å². The van der Waals surface area contributed by atoms with Crippen LogP contribution in [0.1, 0.15) is 0 Å². The lowest BCUT2D eigenvalue weighted by Gasteiger charge is -1.96. The molecule has 1 saturated heterocycles. The van der Waals surface area contributed by atoms with Crippen molar-refractivity contribution in [2.24, 2.45) is 5.73 Å². The Hall–Kier alpha value is -1.28. The summed E-state index contributed by atoms with van der Waals surface area (Å²) in [6, 6.07) is -1.21. The van der Waals surface area contributed by atoms with Crippen LogP contribution in [0.15, 0.2) is 0 Å². The molecule has 0 aliphatic carbocycles. The molecule has 7 nitrogen and oxygen atoms in total.